The van der Waals surface area contributed by atoms with Crippen molar-refractivity contribution in [3.05, 3.63) is 24.0 Å². The first-order valence-electron chi connectivity index (χ1n) is 5.81. The number of nitrogens with two attached hydrogens (primary N) is 1. The smallest absolute Gasteiger partial charge is 0.253 e. The topological polar surface area (TPSA) is 75.4 Å². The second-order valence-electron chi connectivity index (χ2n) is 4.33. The summed E-state index contributed by atoms with van der Waals surface area (Å²) in [7, 11) is -3.67. The van der Waals surface area contributed by atoms with Crippen LogP contribution in [0.15, 0.2) is 23.1 Å². The van der Waals surface area contributed by atoms with Crippen LogP contribution in [0.2, 0.25) is 0 Å². The van der Waals surface area contributed by atoms with Crippen LogP contribution in [0.3, 0.4) is 0 Å². The van der Waals surface area contributed by atoms with Crippen molar-refractivity contribution < 1.29 is 12.8 Å². The van der Waals surface area contributed by atoms with Gasteiger partial charge >= 0.3 is 0 Å². The van der Waals surface area contributed by atoms with Crippen LogP contribution >= 0.6 is 0 Å². The first-order chi connectivity index (χ1) is 8.49. The molecular formula is C11H16FN3O2S. The lowest BCUT2D eigenvalue weighted by Crippen LogP contribution is -2.44. The molecule has 0 aliphatic carbocycles. The third-order valence-corrected chi connectivity index (χ3v) is 4.26. The largest absolute Gasteiger partial charge is 0.396 e. The summed E-state index contributed by atoms with van der Waals surface area (Å²) in [6.07, 6.45) is 3.05. The number of anilines is 1. The molecule has 0 radical (unpaired) electrons. The Labute approximate surface area is 106 Å². The van der Waals surface area contributed by atoms with Crippen molar-refractivity contribution in [3.8, 4) is 0 Å². The fourth-order valence-electron chi connectivity index (χ4n) is 1.90. The van der Waals surface area contributed by atoms with E-state index in [2.05, 4.69) is 4.83 Å². The molecule has 0 unspecified atom stereocenters. The summed E-state index contributed by atoms with van der Waals surface area (Å²) in [5, 5.41) is 1.67. The lowest BCUT2D eigenvalue weighted by atomic mass is 10.2. The Morgan fingerprint density at radius 1 is 1.22 bits per heavy atom. The average molecular weight is 273 g/mol. The molecule has 100 valence electrons. The number of halogens is 1. The molecule has 3 N–H and O–H groups in total. The fraction of sp³-hybridized carbons (Fsp3) is 0.455. The zero-order valence-electron chi connectivity index (χ0n) is 9.89. The van der Waals surface area contributed by atoms with Crippen LogP contribution in [0.5, 0.6) is 0 Å². The highest BCUT2D eigenvalue weighted by Crippen LogP contribution is 2.17. The SMILES string of the molecule is Nc1cc(S(=O)(=O)NN2CCCCC2)ccc1F. The summed E-state index contributed by atoms with van der Waals surface area (Å²) in [5.41, 5.74) is 5.20. The van der Waals surface area contributed by atoms with Crippen molar-refractivity contribution >= 4 is 15.7 Å². The van der Waals surface area contributed by atoms with Crippen molar-refractivity contribution in [1.82, 2.24) is 9.84 Å². The second-order valence-corrected chi connectivity index (χ2v) is 5.99. The highest BCUT2D eigenvalue weighted by atomic mass is 32.2. The van der Waals surface area contributed by atoms with Gasteiger partial charge in [-0.2, -0.15) is 0 Å². The lowest BCUT2D eigenvalue weighted by molar-refractivity contribution is 0.200. The van der Waals surface area contributed by atoms with Gasteiger partial charge in [0, 0.05) is 13.1 Å². The standard InChI is InChI=1S/C11H16FN3O2S/c12-10-5-4-9(8-11(10)13)18(16,17)14-15-6-2-1-3-7-15/h4-5,8,14H,1-3,6-7,13H2. The first kappa shape index (κ1) is 13.3. The van der Waals surface area contributed by atoms with Gasteiger partial charge in [0.1, 0.15) is 5.82 Å². The molecular weight excluding hydrogens is 257 g/mol. The van der Waals surface area contributed by atoms with Crippen LogP contribution in [-0.2, 0) is 10.0 Å². The molecule has 7 heteroatoms. The molecule has 18 heavy (non-hydrogen) atoms. The number of piperidine rings is 1. The van der Waals surface area contributed by atoms with E-state index in [4.69, 9.17) is 5.73 Å². The molecule has 0 spiro atoms. The molecule has 1 fully saturated rings. The van der Waals surface area contributed by atoms with Crippen molar-refractivity contribution in [3.63, 3.8) is 0 Å². The van der Waals surface area contributed by atoms with E-state index in [-0.39, 0.29) is 10.6 Å². The van der Waals surface area contributed by atoms with Crippen molar-refractivity contribution in [2.75, 3.05) is 18.8 Å². The third-order valence-electron chi connectivity index (χ3n) is 2.88. The van der Waals surface area contributed by atoms with Gasteiger partial charge in [-0.15, -0.1) is 4.83 Å². The van der Waals surface area contributed by atoms with E-state index < -0.39 is 15.8 Å². The van der Waals surface area contributed by atoms with Crippen LogP contribution in [0.1, 0.15) is 19.3 Å². The lowest BCUT2D eigenvalue weighted by Gasteiger charge is -2.26. The number of nitrogen functional groups attached to an aromatic ring is 1. The summed E-state index contributed by atoms with van der Waals surface area (Å²) in [6, 6.07) is 3.39. The van der Waals surface area contributed by atoms with Crippen LogP contribution in [0.4, 0.5) is 10.1 Å². The summed E-state index contributed by atoms with van der Waals surface area (Å²) < 4.78 is 37.1. The van der Waals surface area contributed by atoms with Crippen LogP contribution in [0.25, 0.3) is 0 Å². The molecule has 1 aromatic carbocycles. The van der Waals surface area contributed by atoms with E-state index in [1.54, 1.807) is 5.01 Å². The number of hydrogen-bond acceptors (Lipinski definition) is 4. The van der Waals surface area contributed by atoms with Gasteiger partial charge in [-0.3, -0.25) is 0 Å². The van der Waals surface area contributed by atoms with Gasteiger partial charge < -0.3 is 5.73 Å². The number of nitrogens with one attached hydrogen (secondary N) is 1. The Hall–Kier alpha value is -1.18. The number of benzene rings is 1. The number of hydrazine groups is 1. The van der Waals surface area contributed by atoms with Crippen LogP contribution in [0, 0.1) is 5.82 Å². The van der Waals surface area contributed by atoms with Gasteiger partial charge in [0.25, 0.3) is 10.0 Å². The fourth-order valence-corrected chi connectivity index (χ4v) is 3.05. The summed E-state index contributed by atoms with van der Waals surface area (Å²) in [4.78, 5) is 2.46. The summed E-state index contributed by atoms with van der Waals surface area (Å²) in [5.74, 6) is -0.619. The minimum Gasteiger partial charge on any atom is -0.396 e. The van der Waals surface area contributed by atoms with Gasteiger partial charge in [0.15, 0.2) is 0 Å². The van der Waals surface area contributed by atoms with E-state index in [0.29, 0.717) is 13.1 Å². The molecule has 0 saturated carbocycles. The average Bonchev–Trinajstić information content (AvgIpc) is 2.33. The Morgan fingerprint density at radius 2 is 1.89 bits per heavy atom. The predicted molar refractivity (Wildman–Crippen MR) is 66.6 cm³/mol. The van der Waals surface area contributed by atoms with Crippen molar-refractivity contribution in [2.24, 2.45) is 0 Å². The summed E-state index contributed by atoms with van der Waals surface area (Å²) in [6.45, 7) is 1.38. The number of hydrogen-bond donors (Lipinski definition) is 2. The Balaban J connectivity index is 2.16. The second kappa shape index (κ2) is 5.21. The minimum atomic E-state index is -3.67. The third kappa shape index (κ3) is 2.98. The van der Waals surface area contributed by atoms with Crippen molar-refractivity contribution in [1.29, 1.82) is 0 Å². The Bertz CT molecular complexity index is 527. The molecule has 5 nitrogen and oxygen atoms in total. The summed E-state index contributed by atoms with van der Waals surface area (Å²) >= 11 is 0. The molecule has 1 aromatic rings. The Morgan fingerprint density at radius 3 is 2.50 bits per heavy atom. The van der Waals surface area contributed by atoms with Gasteiger partial charge in [-0.05, 0) is 31.0 Å². The molecule has 0 atom stereocenters. The zero-order chi connectivity index (χ0) is 13.2. The molecule has 1 aliphatic heterocycles. The van der Waals surface area contributed by atoms with Crippen molar-refractivity contribution in [2.45, 2.75) is 24.2 Å². The zero-order valence-corrected chi connectivity index (χ0v) is 10.7. The maximum Gasteiger partial charge on any atom is 0.253 e. The Kier molecular flexibility index (Phi) is 3.84. The minimum absolute atomic E-state index is 0.0213. The molecule has 0 aromatic heterocycles. The maximum atomic E-state index is 13.0. The maximum absolute atomic E-state index is 13.0. The highest BCUT2D eigenvalue weighted by Gasteiger charge is 2.20. The van der Waals surface area contributed by atoms with E-state index in [1.165, 1.54) is 6.07 Å². The van der Waals surface area contributed by atoms with E-state index in [1.807, 2.05) is 0 Å². The van der Waals surface area contributed by atoms with E-state index in [9.17, 15) is 12.8 Å². The molecule has 1 aliphatic rings. The number of rotatable bonds is 3. The van der Waals surface area contributed by atoms with Gasteiger partial charge in [-0.25, -0.2) is 17.8 Å². The van der Waals surface area contributed by atoms with Gasteiger partial charge in [0.05, 0.1) is 10.6 Å². The normalized spacial score (nSPS) is 17.8. The van der Waals surface area contributed by atoms with Gasteiger partial charge in [-0.1, -0.05) is 6.42 Å². The van der Waals surface area contributed by atoms with Crippen LogP contribution in [-0.4, -0.2) is 26.5 Å². The van der Waals surface area contributed by atoms with Crippen LogP contribution < -0.4 is 10.6 Å². The van der Waals surface area contributed by atoms with Gasteiger partial charge in [0.2, 0.25) is 0 Å². The monoisotopic (exact) mass is 273 g/mol. The molecule has 0 bridgehead atoms. The predicted octanol–water partition coefficient (Wildman–Crippen LogP) is 1.09. The highest BCUT2D eigenvalue weighted by molar-refractivity contribution is 7.89. The first-order valence-corrected chi connectivity index (χ1v) is 7.30. The molecule has 1 saturated heterocycles. The van der Waals surface area contributed by atoms with E-state index in [0.717, 1.165) is 31.4 Å². The molecule has 1 heterocycles. The molecule has 2 rings (SSSR count). The molecule has 0 amide bonds. The number of nitrogens with zero attached hydrogens (tertiary/aromatic N) is 1. The van der Waals surface area contributed by atoms with E-state index >= 15 is 0 Å². The quantitative estimate of drug-likeness (QED) is 0.808. The number of sulfonamides is 1.